The fourth-order valence-corrected chi connectivity index (χ4v) is 3.92. The average Bonchev–Trinajstić information content (AvgIpc) is 3.03. The molecule has 0 spiro atoms. The molecule has 1 fully saturated rings. The molecular weight excluding hydrogens is 342 g/mol. The van der Waals surface area contributed by atoms with Gasteiger partial charge in [-0.05, 0) is 17.7 Å². The van der Waals surface area contributed by atoms with Crippen molar-refractivity contribution in [3.63, 3.8) is 0 Å². The van der Waals surface area contributed by atoms with Crippen LogP contribution in [0.4, 0.5) is 0 Å². The summed E-state index contributed by atoms with van der Waals surface area (Å²) in [4.78, 5) is 29.2. The molecule has 4 rings (SSSR count). The van der Waals surface area contributed by atoms with E-state index in [1.165, 1.54) is 0 Å². The fraction of sp³-hybridized carbons (Fsp3) is 0.333. The van der Waals surface area contributed by atoms with Crippen molar-refractivity contribution in [1.29, 1.82) is 0 Å². The van der Waals surface area contributed by atoms with Gasteiger partial charge in [-0.2, -0.15) is 0 Å². The Morgan fingerprint density at radius 1 is 1.19 bits per heavy atom. The summed E-state index contributed by atoms with van der Waals surface area (Å²) < 4.78 is 5.49. The minimum atomic E-state index is -0.109. The van der Waals surface area contributed by atoms with Crippen molar-refractivity contribution >= 4 is 11.8 Å². The number of nitrogens with zero attached hydrogens (tertiary/aromatic N) is 2. The number of methoxy groups -OCH3 is 1. The Labute approximate surface area is 158 Å². The Morgan fingerprint density at radius 2 is 1.96 bits per heavy atom. The number of piperazine rings is 1. The number of para-hydroxylation sites is 1. The predicted octanol–water partition coefficient (Wildman–Crippen LogP) is 1.82. The van der Waals surface area contributed by atoms with Gasteiger partial charge in [-0.25, -0.2) is 0 Å². The largest absolute Gasteiger partial charge is 0.496 e. The molecule has 2 heterocycles. The van der Waals surface area contributed by atoms with E-state index in [4.69, 9.17) is 4.74 Å². The van der Waals surface area contributed by atoms with Gasteiger partial charge >= 0.3 is 0 Å². The molecule has 2 aliphatic rings. The van der Waals surface area contributed by atoms with Gasteiger partial charge in [-0.1, -0.05) is 36.4 Å². The SMILES string of the molecule is COc1ccccc1C1CNCCN1C(=O)CN1Cc2ccccc2C1=O. The van der Waals surface area contributed by atoms with Crippen LogP contribution in [-0.2, 0) is 11.3 Å². The van der Waals surface area contributed by atoms with Gasteiger partial charge in [0.15, 0.2) is 0 Å². The molecule has 6 heteroatoms. The second-order valence-electron chi connectivity index (χ2n) is 6.87. The van der Waals surface area contributed by atoms with Crippen LogP contribution in [0, 0.1) is 0 Å². The van der Waals surface area contributed by atoms with E-state index in [9.17, 15) is 9.59 Å². The van der Waals surface area contributed by atoms with E-state index in [0.29, 0.717) is 25.2 Å². The maximum absolute atomic E-state index is 13.1. The third kappa shape index (κ3) is 3.28. The molecule has 0 saturated carbocycles. The van der Waals surface area contributed by atoms with Gasteiger partial charge in [0.1, 0.15) is 12.3 Å². The van der Waals surface area contributed by atoms with E-state index >= 15 is 0 Å². The zero-order valence-corrected chi connectivity index (χ0v) is 15.4. The van der Waals surface area contributed by atoms with Crippen molar-refractivity contribution in [2.75, 3.05) is 33.3 Å². The Hall–Kier alpha value is -2.86. The van der Waals surface area contributed by atoms with E-state index in [1.807, 2.05) is 53.4 Å². The molecule has 140 valence electrons. The molecule has 6 nitrogen and oxygen atoms in total. The van der Waals surface area contributed by atoms with Gasteiger partial charge in [0.25, 0.3) is 5.91 Å². The molecule has 1 saturated heterocycles. The Balaban J connectivity index is 1.53. The third-order valence-corrected chi connectivity index (χ3v) is 5.28. The number of carbonyl (C=O) groups excluding carboxylic acids is 2. The summed E-state index contributed by atoms with van der Waals surface area (Å²) >= 11 is 0. The lowest BCUT2D eigenvalue weighted by molar-refractivity contribution is -0.135. The van der Waals surface area contributed by atoms with Crippen LogP contribution in [0.5, 0.6) is 5.75 Å². The number of rotatable bonds is 4. The summed E-state index contributed by atoms with van der Waals surface area (Å²) in [5.74, 6) is 0.671. The number of fused-ring (bicyclic) bond motifs is 1. The molecule has 0 bridgehead atoms. The minimum absolute atomic E-state index is 0.0337. The quantitative estimate of drug-likeness (QED) is 0.898. The van der Waals surface area contributed by atoms with Crippen molar-refractivity contribution in [3.8, 4) is 5.75 Å². The maximum Gasteiger partial charge on any atom is 0.254 e. The summed E-state index contributed by atoms with van der Waals surface area (Å²) in [6.45, 7) is 2.60. The topological polar surface area (TPSA) is 61.9 Å². The number of hydrogen-bond acceptors (Lipinski definition) is 4. The Kier molecular flexibility index (Phi) is 4.81. The van der Waals surface area contributed by atoms with Crippen LogP contribution in [0.25, 0.3) is 0 Å². The van der Waals surface area contributed by atoms with Crippen LogP contribution >= 0.6 is 0 Å². The van der Waals surface area contributed by atoms with Gasteiger partial charge in [0.2, 0.25) is 5.91 Å². The van der Waals surface area contributed by atoms with Crippen molar-refractivity contribution < 1.29 is 14.3 Å². The summed E-state index contributed by atoms with van der Waals surface area (Å²) in [6.07, 6.45) is 0. The van der Waals surface area contributed by atoms with Crippen molar-refractivity contribution in [1.82, 2.24) is 15.1 Å². The van der Waals surface area contributed by atoms with E-state index in [1.54, 1.807) is 12.0 Å². The van der Waals surface area contributed by atoms with Gasteiger partial charge in [0.05, 0.1) is 13.2 Å². The molecule has 0 aromatic heterocycles. The first kappa shape index (κ1) is 17.5. The highest BCUT2D eigenvalue weighted by Gasteiger charge is 2.34. The predicted molar refractivity (Wildman–Crippen MR) is 102 cm³/mol. The first-order valence-corrected chi connectivity index (χ1v) is 9.19. The summed E-state index contributed by atoms with van der Waals surface area (Å²) in [5.41, 5.74) is 2.67. The lowest BCUT2D eigenvalue weighted by Crippen LogP contribution is -2.51. The second kappa shape index (κ2) is 7.40. The number of amides is 2. The molecule has 1 unspecified atom stereocenters. The molecule has 1 atom stereocenters. The number of benzene rings is 2. The average molecular weight is 365 g/mol. The number of hydrogen-bond donors (Lipinski definition) is 1. The molecule has 2 aliphatic heterocycles. The molecule has 0 radical (unpaired) electrons. The van der Waals surface area contributed by atoms with E-state index in [-0.39, 0.29) is 24.4 Å². The smallest absolute Gasteiger partial charge is 0.254 e. The summed E-state index contributed by atoms with van der Waals surface area (Å²) in [7, 11) is 1.64. The lowest BCUT2D eigenvalue weighted by atomic mass is 10.0. The Morgan fingerprint density at radius 3 is 2.78 bits per heavy atom. The van der Waals surface area contributed by atoms with Gasteiger partial charge < -0.3 is 19.9 Å². The Bertz CT molecular complexity index is 867. The first-order chi connectivity index (χ1) is 13.2. The number of ether oxygens (including phenoxy) is 1. The zero-order valence-electron chi connectivity index (χ0n) is 15.4. The van der Waals surface area contributed by atoms with Crippen LogP contribution in [0.1, 0.15) is 27.5 Å². The standard InChI is InChI=1S/C21H23N3O3/c1-27-19-9-5-4-8-17(19)18-12-22-10-11-24(18)20(25)14-23-13-15-6-2-3-7-16(15)21(23)26/h2-9,18,22H,10-14H2,1H3. The fourth-order valence-electron chi connectivity index (χ4n) is 3.92. The van der Waals surface area contributed by atoms with Crippen LogP contribution in [0.3, 0.4) is 0 Å². The van der Waals surface area contributed by atoms with Crippen LogP contribution in [-0.4, -0.2) is 54.9 Å². The number of nitrogens with one attached hydrogen (secondary N) is 1. The van der Waals surface area contributed by atoms with Gasteiger partial charge in [-0.3, -0.25) is 9.59 Å². The van der Waals surface area contributed by atoms with E-state index < -0.39 is 0 Å². The van der Waals surface area contributed by atoms with Gasteiger partial charge in [-0.15, -0.1) is 0 Å². The highest BCUT2D eigenvalue weighted by atomic mass is 16.5. The highest BCUT2D eigenvalue weighted by Crippen LogP contribution is 2.31. The summed E-state index contributed by atoms with van der Waals surface area (Å²) in [6, 6.07) is 15.2. The molecule has 27 heavy (non-hydrogen) atoms. The minimum Gasteiger partial charge on any atom is -0.496 e. The zero-order chi connectivity index (χ0) is 18.8. The normalized spacial score (nSPS) is 19.1. The monoisotopic (exact) mass is 365 g/mol. The van der Waals surface area contributed by atoms with Crippen molar-refractivity contribution in [2.24, 2.45) is 0 Å². The molecule has 2 aromatic rings. The van der Waals surface area contributed by atoms with Crippen LogP contribution in [0.2, 0.25) is 0 Å². The van der Waals surface area contributed by atoms with Crippen LogP contribution < -0.4 is 10.1 Å². The lowest BCUT2D eigenvalue weighted by Gasteiger charge is -2.37. The number of carbonyl (C=O) groups is 2. The molecule has 1 N–H and O–H groups in total. The molecule has 2 aromatic carbocycles. The van der Waals surface area contributed by atoms with E-state index in [0.717, 1.165) is 23.4 Å². The van der Waals surface area contributed by atoms with E-state index in [2.05, 4.69) is 5.32 Å². The highest BCUT2D eigenvalue weighted by molar-refractivity contribution is 6.00. The van der Waals surface area contributed by atoms with Crippen molar-refractivity contribution in [2.45, 2.75) is 12.6 Å². The van der Waals surface area contributed by atoms with Crippen molar-refractivity contribution in [3.05, 3.63) is 65.2 Å². The maximum atomic E-state index is 13.1. The third-order valence-electron chi connectivity index (χ3n) is 5.28. The van der Waals surface area contributed by atoms with Crippen LogP contribution in [0.15, 0.2) is 48.5 Å². The second-order valence-corrected chi connectivity index (χ2v) is 6.87. The molecule has 0 aliphatic carbocycles. The van der Waals surface area contributed by atoms with Gasteiger partial charge in [0, 0.05) is 37.3 Å². The molecule has 2 amide bonds. The first-order valence-electron chi connectivity index (χ1n) is 9.19. The summed E-state index contributed by atoms with van der Waals surface area (Å²) in [5, 5.41) is 3.36. The molecular formula is C21H23N3O3.